The van der Waals surface area contributed by atoms with E-state index in [0.717, 1.165) is 11.4 Å². The standard InChI is InChI=1S/C16H18N4O4S/c1-19(2)15-7-4-11(9-17-15)10-18-25(22,23)12-5-6-13-14(8-12)24-16(21)20(13)3/h4-9,18H,10H2,1-3H3. The van der Waals surface area contributed by atoms with Crippen molar-refractivity contribution in [3.05, 3.63) is 52.6 Å². The van der Waals surface area contributed by atoms with Crippen LogP contribution in [0.3, 0.4) is 0 Å². The smallest absolute Gasteiger partial charge is 0.408 e. The number of nitrogens with one attached hydrogen (secondary N) is 1. The number of pyridine rings is 1. The second-order valence-electron chi connectivity index (χ2n) is 5.80. The molecule has 132 valence electrons. The minimum absolute atomic E-state index is 0.0345. The van der Waals surface area contributed by atoms with Gasteiger partial charge in [-0.05, 0) is 23.8 Å². The normalized spacial score (nSPS) is 11.8. The van der Waals surface area contributed by atoms with E-state index in [-0.39, 0.29) is 17.0 Å². The van der Waals surface area contributed by atoms with E-state index < -0.39 is 15.8 Å². The highest BCUT2D eigenvalue weighted by molar-refractivity contribution is 7.89. The van der Waals surface area contributed by atoms with Crippen LogP contribution < -0.4 is 15.4 Å². The lowest BCUT2D eigenvalue weighted by atomic mass is 10.3. The zero-order valence-electron chi connectivity index (χ0n) is 14.1. The van der Waals surface area contributed by atoms with Gasteiger partial charge in [0.2, 0.25) is 10.0 Å². The second kappa shape index (κ2) is 6.34. The Labute approximate surface area is 144 Å². The van der Waals surface area contributed by atoms with Crippen LogP contribution in [0.1, 0.15) is 5.56 Å². The maximum Gasteiger partial charge on any atom is 0.419 e. The van der Waals surface area contributed by atoms with Crippen molar-refractivity contribution in [2.45, 2.75) is 11.4 Å². The maximum absolute atomic E-state index is 12.4. The predicted molar refractivity (Wildman–Crippen MR) is 94.0 cm³/mol. The summed E-state index contributed by atoms with van der Waals surface area (Å²) in [6, 6.07) is 7.94. The number of hydrogen-bond donors (Lipinski definition) is 1. The summed E-state index contributed by atoms with van der Waals surface area (Å²) in [5, 5.41) is 0. The second-order valence-corrected chi connectivity index (χ2v) is 7.57. The first-order chi connectivity index (χ1) is 11.8. The summed E-state index contributed by atoms with van der Waals surface area (Å²) in [4.78, 5) is 17.6. The molecular formula is C16H18N4O4S. The molecular weight excluding hydrogens is 344 g/mol. The Kier molecular flexibility index (Phi) is 4.36. The molecule has 9 heteroatoms. The molecule has 2 heterocycles. The highest BCUT2D eigenvalue weighted by Gasteiger charge is 2.16. The molecule has 2 aromatic heterocycles. The molecule has 0 aliphatic carbocycles. The molecule has 0 saturated carbocycles. The SMILES string of the molecule is CN(C)c1ccc(CNS(=O)(=O)c2ccc3c(c2)oc(=O)n3C)cn1. The first kappa shape index (κ1) is 17.2. The number of hydrogen-bond acceptors (Lipinski definition) is 6. The van der Waals surface area contributed by atoms with Gasteiger partial charge in [-0.3, -0.25) is 4.57 Å². The fraction of sp³-hybridized carbons (Fsp3) is 0.250. The third-order valence-electron chi connectivity index (χ3n) is 3.81. The van der Waals surface area contributed by atoms with Gasteiger partial charge < -0.3 is 9.32 Å². The van der Waals surface area contributed by atoms with Gasteiger partial charge in [0.25, 0.3) is 0 Å². The molecule has 1 N–H and O–H groups in total. The van der Waals surface area contributed by atoms with Crippen LogP contribution in [-0.4, -0.2) is 32.1 Å². The van der Waals surface area contributed by atoms with Crippen molar-refractivity contribution >= 4 is 26.9 Å². The van der Waals surface area contributed by atoms with E-state index in [4.69, 9.17) is 4.42 Å². The van der Waals surface area contributed by atoms with Gasteiger partial charge in [-0.2, -0.15) is 0 Å². The first-order valence-electron chi connectivity index (χ1n) is 7.49. The van der Waals surface area contributed by atoms with Crippen molar-refractivity contribution in [3.8, 4) is 0 Å². The Morgan fingerprint density at radius 1 is 1.24 bits per heavy atom. The number of aromatic nitrogens is 2. The molecule has 3 rings (SSSR count). The molecule has 0 aliphatic heterocycles. The van der Waals surface area contributed by atoms with E-state index in [1.165, 1.54) is 16.7 Å². The summed E-state index contributed by atoms with van der Waals surface area (Å²) in [5.74, 6) is 0.251. The number of anilines is 1. The van der Waals surface area contributed by atoms with Crippen LogP contribution in [0, 0.1) is 0 Å². The number of rotatable bonds is 5. The molecule has 1 aromatic carbocycles. The third-order valence-corrected chi connectivity index (χ3v) is 5.21. The highest BCUT2D eigenvalue weighted by Crippen LogP contribution is 2.18. The van der Waals surface area contributed by atoms with E-state index in [9.17, 15) is 13.2 Å². The number of aryl methyl sites for hydroxylation is 1. The van der Waals surface area contributed by atoms with Crippen molar-refractivity contribution in [2.75, 3.05) is 19.0 Å². The number of oxazole rings is 1. The van der Waals surface area contributed by atoms with Crippen molar-refractivity contribution in [3.63, 3.8) is 0 Å². The van der Waals surface area contributed by atoms with Gasteiger partial charge in [-0.25, -0.2) is 22.9 Å². The highest BCUT2D eigenvalue weighted by atomic mass is 32.2. The molecule has 0 radical (unpaired) electrons. The fourth-order valence-electron chi connectivity index (χ4n) is 2.33. The van der Waals surface area contributed by atoms with Crippen LogP contribution in [0.25, 0.3) is 11.1 Å². The minimum atomic E-state index is -3.74. The van der Waals surface area contributed by atoms with Crippen LogP contribution in [0.2, 0.25) is 0 Å². The average Bonchev–Trinajstić information content (AvgIpc) is 2.87. The van der Waals surface area contributed by atoms with E-state index in [2.05, 4.69) is 9.71 Å². The van der Waals surface area contributed by atoms with Gasteiger partial charge in [0, 0.05) is 40.0 Å². The summed E-state index contributed by atoms with van der Waals surface area (Å²) in [7, 11) is 1.58. The topological polar surface area (TPSA) is 97.4 Å². The molecule has 0 aliphatic rings. The van der Waals surface area contributed by atoms with E-state index in [1.54, 1.807) is 19.3 Å². The van der Waals surface area contributed by atoms with Gasteiger partial charge in [0.15, 0.2) is 5.58 Å². The van der Waals surface area contributed by atoms with Crippen LogP contribution in [-0.2, 0) is 23.6 Å². The molecule has 0 atom stereocenters. The Morgan fingerprint density at radius 2 is 2.00 bits per heavy atom. The van der Waals surface area contributed by atoms with Crippen molar-refractivity contribution in [1.82, 2.24) is 14.3 Å². The van der Waals surface area contributed by atoms with Crippen molar-refractivity contribution < 1.29 is 12.8 Å². The Hall–Kier alpha value is -2.65. The predicted octanol–water partition coefficient (Wildman–Crippen LogP) is 1.07. The molecule has 8 nitrogen and oxygen atoms in total. The summed E-state index contributed by atoms with van der Waals surface area (Å²) >= 11 is 0. The molecule has 0 fully saturated rings. The summed E-state index contributed by atoms with van der Waals surface area (Å²) < 4.78 is 33.8. The molecule has 0 spiro atoms. The van der Waals surface area contributed by atoms with E-state index in [1.807, 2.05) is 31.1 Å². The number of fused-ring (bicyclic) bond motifs is 1. The van der Waals surface area contributed by atoms with Crippen molar-refractivity contribution in [2.24, 2.45) is 7.05 Å². The molecule has 0 amide bonds. The number of sulfonamides is 1. The monoisotopic (exact) mass is 362 g/mol. The Morgan fingerprint density at radius 3 is 2.64 bits per heavy atom. The Bertz CT molecular complexity index is 1070. The Balaban J connectivity index is 1.80. The van der Waals surface area contributed by atoms with Crippen LogP contribution in [0.5, 0.6) is 0 Å². The van der Waals surface area contributed by atoms with E-state index in [0.29, 0.717) is 5.52 Å². The number of benzene rings is 1. The van der Waals surface area contributed by atoms with Gasteiger partial charge in [0.1, 0.15) is 5.82 Å². The van der Waals surface area contributed by atoms with Crippen LogP contribution in [0.15, 0.2) is 50.6 Å². The molecule has 0 saturated heterocycles. The fourth-order valence-corrected chi connectivity index (χ4v) is 3.36. The first-order valence-corrected chi connectivity index (χ1v) is 8.98. The van der Waals surface area contributed by atoms with Gasteiger partial charge in [-0.1, -0.05) is 6.07 Å². The van der Waals surface area contributed by atoms with Gasteiger partial charge in [-0.15, -0.1) is 0 Å². The van der Waals surface area contributed by atoms with Crippen LogP contribution >= 0.6 is 0 Å². The summed E-state index contributed by atoms with van der Waals surface area (Å²) in [6.45, 7) is 0.111. The average molecular weight is 362 g/mol. The molecule has 3 aromatic rings. The quantitative estimate of drug-likeness (QED) is 0.729. The minimum Gasteiger partial charge on any atom is -0.408 e. The largest absolute Gasteiger partial charge is 0.419 e. The number of nitrogens with zero attached hydrogens (tertiary/aromatic N) is 3. The molecule has 25 heavy (non-hydrogen) atoms. The van der Waals surface area contributed by atoms with Gasteiger partial charge >= 0.3 is 5.76 Å². The van der Waals surface area contributed by atoms with Gasteiger partial charge in [0.05, 0.1) is 10.4 Å². The lowest BCUT2D eigenvalue weighted by Gasteiger charge is -2.11. The zero-order chi connectivity index (χ0) is 18.2. The van der Waals surface area contributed by atoms with Crippen LogP contribution in [0.4, 0.5) is 5.82 Å². The lowest BCUT2D eigenvalue weighted by Crippen LogP contribution is -2.23. The van der Waals surface area contributed by atoms with Crippen molar-refractivity contribution in [1.29, 1.82) is 0 Å². The zero-order valence-corrected chi connectivity index (χ0v) is 14.9. The van der Waals surface area contributed by atoms with E-state index >= 15 is 0 Å². The lowest BCUT2D eigenvalue weighted by molar-refractivity contribution is 0.527. The third kappa shape index (κ3) is 3.42. The maximum atomic E-state index is 12.4. The summed E-state index contributed by atoms with van der Waals surface area (Å²) in [6.07, 6.45) is 1.62. The molecule has 0 bridgehead atoms. The summed E-state index contributed by atoms with van der Waals surface area (Å²) in [5.41, 5.74) is 1.50. The molecule has 0 unspecified atom stereocenters.